The van der Waals surface area contributed by atoms with E-state index in [0.29, 0.717) is 30.1 Å². The van der Waals surface area contributed by atoms with Crippen molar-refractivity contribution in [3.8, 4) is 5.75 Å². The van der Waals surface area contributed by atoms with Crippen molar-refractivity contribution in [2.45, 2.75) is 19.4 Å². The maximum Gasteiger partial charge on any atom is 0.259 e. The van der Waals surface area contributed by atoms with Crippen molar-refractivity contribution in [1.29, 1.82) is 0 Å². The number of nitrogens with one attached hydrogen (secondary N) is 1. The van der Waals surface area contributed by atoms with Gasteiger partial charge in [-0.05, 0) is 60.0 Å². The number of aromatic hydroxyl groups is 1. The molecule has 0 saturated heterocycles. The number of carbonyl (C=O) groups excluding carboxylic acids is 2. The van der Waals surface area contributed by atoms with Crippen LogP contribution in [0.25, 0.3) is 0 Å². The lowest BCUT2D eigenvalue weighted by Gasteiger charge is -2.30. The molecule has 0 saturated carbocycles. The van der Waals surface area contributed by atoms with Crippen LogP contribution in [0, 0.1) is 0 Å². The Bertz CT molecular complexity index is 1080. The van der Waals surface area contributed by atoms with Gasteiger partial charge in [-0.15, -0.1) is 0 Å². The van der Waals surface area contributed by atoms with Crippen molar-refractivity contribution >= 4 is 34.8 Å². The van der Waals surface area contributed by atoms with Crippen LogP contribution in [0.3, 0.4) is 0 Å². The van der Waals surface area contributed by atoms with Crippen molar-refractivity contribution in [2.24, 2.45) is 0 Å². The molecule has 4 rings (SSSR count). The minimum Gasteiger partial charge on any atom is -0.507 e. The van der Waals surface area contributed by atoms with Crippen LogP contribution in [-0.4, -0.2) is 16.9 Å². The lowest BCUT2D eigenvalue weighted by molar-refractivity contribution is -0.119. The Morgan fingerprint density at radius 2 is 1.79 bits per heavy atom. The van der Waals surface area contributed by atoms with Gasteiger partial charge in [-0.3, -0.25) is 9.59 Å². The number of hydrogen-bond acceptors (Lipinski definition) is 3. The molecule has 2 N–H and O–H groups in total. The Morgan fingerprint density at radius 3 is 2.55 bits per heavy atom. The highest BCUT2D eigenvalue weighted by Gasteiger charge is 2.24. The first kappa shape index (κ1) is 19.0. The largest absolute Gasteiger partial charge is 0.507 e. The molecule has 1 aliphatic rings. The predicted molar refractivity (Wildman–Crippen MR) is 113 cm³/mol. The van der Waals surface area contributed by atoms with Crippen LogP contribution < -0.4 is 10.2 Å². The molecule has 146 valence electrons. The zero-order valence-electron chi connectivity index (χ0n) is 15.6. The van der Waals surface area contributed by atoms with Crippen LogP contribution in [0.5, 0.6) is 5.75 Å². The maximum atomic E-state index is 12.5. The first-order valence-corrected chi connectivity index (χ1v) is 9.66. The summed E-state index contributed by atoms with van der Waals surface area (Å²) in [5.74, 6) is -0.380. The molecule has 1 aliphatic heterocycles. The van der Waals surface area contributed by atoms with E-state index in [9.17, 15) is 14.7 Å². The molecule has 1 heterocycles. The molecule has 6 heteroatoms. The molecule has 5 nitrogen and oxygen atoms in total. The van der Waals surface area contributed by atoms with Crippen molar-refractivity contribution in [3.63, 3.8) is 0 Å². The second-order valence-corrected chi connectivity index (χ2v) is 7.36. The van der Waals surface area contributed by atoms with Crippen LogP contribution in [0.15, 0.2) is 66.7 Å². The molecule has 0 atom stereocenters. The van der Waals surface area contributed by atoms with E-state index in [-0.39, 0.29) is 23.1 Å². The van der Waals surface area contributed by atoms with Crippen LogP contribution >= 0.6 is 11.6 Å². The average Bonchev–Trinajstić information content (AvgIpc) is 2.72. The molecule has 0 spiro atoms. The summed E-state index contributed by atoms with van der Waals surface area (Å²) in [5.41, 5.74) is 3.67. The Hall–Kier alpha value is -3.31. The monoisotopic (exact) mass is 406 g/mol. The molecule has 3 aromatic rings. The van der Waals surface area contributed by atoms with Crippen molar-refractivity contribution < 1.29 is 14.7 Å². The Balaban J connectivity index is 1.56. The number of aryl methyl sites for hydroxylation is 1. The van der Waals surface area contributed by atoms with Gasteiger partial charge in [0, 0.05) is 22.8 Å². The van der Waals surface area contributed by atoms with E-state index in [0.717, 1.165) is 16.8 Å². The smallest absolute Gasteiger partial charge is 0.259 e. The van der Waals surface area contributed by atoms with Gasteiger partial charge >= 0.3 is 0 Å². The summed E-state index contributed by atoms with van der Waals surface area (Å²) in [5, 5.41) is 13.3. The summed E-state index contributed by atoms with van der Waals surface area (Å²) < 4.78 is 0. The number of hydrogen-bond donors (Lipinski definition) is 2. The van der Waals surface area contributed by atoms with E-state index < -0.39 is 0 Å². The number of phenols is 1. The molecular weight excluding hydrogens is 388 g/mol. The van der Waals surface area contributed by atoms with E-state index >= 15 is 0 Å². The van der Waals surface area contributed by atoms with Crippen LogP contribution in [-0.2, 0) is 17.8 Å². The first-order chi connectivity index (χ1) is 14.0. The molecule has 29 heavy (non-hydrogen) atoms. The molecule has 2 amide bonds. The number of amides is 2. The number of rotatable bonds is 4. The van der Waals surface area contributed by atoms with E-state index in [2.05, 4.69) is 5.32 Å². The van der Waals surface area contributed by atoms with Gasteiger partial charge in [-0.1, -0.05) is 35.9 Å². The number of anilines is 2. The second-order valence-electron chi connectivity index (χ2n) is 6.92. The van der Waals surface area contributed by atoms with Gasteiger partial charge in [0.1, 0.15) is 5.75 Å². The second kappa shape index (κ2) is 7.97. The number of para-hydroxylation sites is 1. The highest BCUT2D eigenvalue weighted by atomic mass is 35.5. The van der Waals surface area contributed by atoms with Gasteiger partial charge in [0.15, 0.2) is 0 Å². The topological polar surface area (TPSA) is 69.6 Å². The van der Waals surface area contributed by atoms with Gasteiger partial charge < -0.3 is 15.3 Å². The summed E-state index contributed by atoms with van der Waals surface area (Å²) in [6.45, 7) is 0.465. The molecule has 3 aromatic carbocycles. The zero-order valence-corrected chi connectivity index (χ0v) is 16.3. The normalized spacial score (nSPS) is 13.1. The van der Waals surface area contributed by atoms with Gasteiger partial charge in [0.25, 0.3) is 5.91 Å². The zero-order chi connectivity index (χ0) is 20.4. The van der Waals surface area contributed by atoms with Crippen molar-refractivity contribution in [2.75, 3.05) is 10.2 Å². The van der Waals surface area contributed by atoms with Crippen molar-refractivity contribution in [3.05, 3.63) is 88.4 Å². The van der Waals surface area contributed by atoms with E-state index in [4.69, 9.17) is 11.6 Å². The lowest BCUT2D eigenvalue weighted by atomic mass is 9.99. The molecular formula is C23H19ClN2O3. The average molecular weight is 407 g/mol. The van der Waals surface area contributed by atoms with Crippen LogP contribution in [0.2, 0.25) is 5.02 Å². The van der Waals surface area contributed by atoms with Crippen molar-refractivity contribution in [1.82, 2.24) is 0 Å². The summed E-state index contributed by atoms with van der Waals surface area (Å²) in [6.07, 6.45) is 1.03. The number of phenolic OH excluding ortho intramolecular Hbond substituents is 1. The summed E-state index contributed by atoms with van der Waals surface area (Å²) >= 11 is 5.95. The molecule has 0 unspecified atom stereocenters. The standard InChI is InChI=1S/C23H19ClN2O3/c24-17-8-5-15(6-9-17)14-26-20-11-10-18(13-16(20)7-12-22(26)28)25-23(29)19-3-1-2-4-21(19)27/h1-6,8-11,13,27H,7,12,14H2,(H,25,29). The molecule has 0 aliphatic carbocycles. The number of fused-ring (bicyclic) bond motifs is 1. The third kappa shape index (κ3) is 4.10. The number of carbonyl (C=O) groups is 2. The Morgan fingerprint density at radius 1 is 1.03 bits per heavy atom. The number of nitrogens with zero attached hydrogens (tertiary/aromatic N) is 1. The van der Waals surface area contributed by atoms with E-state index in [1.165, 1.54) is 6.07 Å². The quantitative estimate of drug-likeness (QED) is 0.655. The number of benzene rings is 3. The molecule has 0 aromatic heterocycles. The molecule has 0 radical (unpaired) electrons. The Kier molecular flexibility index (Phi) is 5.23. The molecule has 0 fully saturated rings. The SMILES string of the molecule is O=C(Nc1ccc2c(c1)CCC(=O)N2Cc1ccc(Cl)cc1)c1ccccc1O. The highest BCUT2D eigenvalue weighted by Crippen LogP contribution is 2.32. The number of halogens is 1. The van der Waals surface area contributed by atoms with Gasteiger partial charge in [-0.25, -0.2) is 0 Å². The highest BCUT2D eigenvalue weighted by molar-refractivity contribution is 6.30. The van der Waals surface area contributed by atoms with Crippen LogP contribution in [0.4, 0.5) is 11.4 Å². The minimum atomic E-state index is -0.382. The van der Waals surface area contributed by atoms with Gasteiger partial charge in [0.05, 0.1) is 12.1 Å². The Labute approximate surface area is 173 Å². The van der Waals surface area contributed by atoms with E-state index in [1.807, 2.05) is 36.4 Å². The fourth-order valence-corrected chi connectivity index (χ4v) is 3.57. The lowest BCUT2D eigenvalue weighted by Crippen LogP contribution is -2.34. The fourth-order valence-electron chi connectivity index (χ4n) is 3.45. The fraction of sp³-hybridized carbons (Fsp3) is 0.130. The van der Waals surface area contributed by atoms with Crippen LogP contribution in [0.1, 0.15) is 27.9 Å². The summed E-state index contributed by atoms with van der Waals surface area (Å²) in [4.78, 5) is 26.7. The third-order valence-corrected chi connectivity index (χ3v) is 5.19. The first-order valence-electron chi connectivity index (χ1n) is 9.28. The van der Waals surface area contributed by atoms with Gasteiger partial charge in [0.2, 0.25) is 5.91 Å². The summed E-state index contributed by atoms with van der Waals surface area (Å²) in [7, 11) is 0. The van der Waals surface area contributed by atoms with E-state index in [1.54, 1.807) is 29.2 Å². The minimum absolute atomic E-state index is 0.0669. The summed E-state index contributed by atoms with van der Waals surface area (Å²) in [6, 6.07) is 19.3. The molecule has 0 bridgehead atoms. The van der Waals surface area contributed by atoms with Gasteiger partial charge in [-0.2, -0.15) is 0 Å². The third-order valence-electron chi connectivity index (χ3n) is 4.94. The predicted octanol–water partition coefficient (Wildman–Crippen LogP) is 4.78. The maximum absolute atomic E-state index is 12.5.